The number of benzene rings is 2. The Morgan fingerprint density at radius 3 is 2.69 bits per heavy atom. The molecule has 1 amide bonds. The van der Waals surface area contributed by atoms with Crippen LogP contribution < -0.4 is 5.32 Å². The summed E-state index contributed by atoms with van der Waals surface area (Å²) in [6.45, 7) is 3.97. The van der Waals surface area contributed by atoms with E-state index in [9.17, 15) is 9.18 Å². The summed E-state index contributed by atoms with van der Waals surface area (Å²) in [5.41, 5.74) is 2.43. The van der Waals surface area contributed by atoms with Gasteiger partial charge in [-0.05, 0) is 68.8 Å². The van der Waals surface area contributed by atoms with Crippen LogP contribution in [0.1, 0.15) is 24.0 Å². The lowest BCUT2D eigenvalue weighted by atomic mass is 9.95. The Morgan fingerprint density at radius 2 is 2.04 bits per heavy atom. The average molecular weight is 440 g/mol. The minimum absolute atomic E-state index is 0.0219. The lowest BCUT2D eigenvalue weighted by molar-refractivity contribution is -0.121. The van der Waals surface area contributed by atoms with Gasteiger partial charge in [0.1, 0.15) is 5.82 Å². The highest BCUT2D eigenvalue weighted by molar-refractivity contribution is 9.10. The van der Waals surface area contributed by atoms with Gasteiger partial charge in [-0.25, -0.2) is 4.39 Å². The fourth-order valence-corrected chi connectivity index (χ4v) is 3.70. The summed E-state index contributed by atoms with van der Waals surface area (Å²) in [7, 11) is 0. The van der Waals surface area contributed by atoms with Gasteiger partial charge in [-0.1, -0.05) is 33.6 Å². The van der Waals surface area contributed by atoms with E-state index < -0.39 is 0 Å². The second kappa shape index (κ2) is 8.51. The van der Waals surface area contributed by atoms with Crippen LogP contribution in [0.3, 0.4) is 0 Å². The van der Waals surface area contributed by atoms with Crippen molar-refractivity contribution in [2.75, 3.05) is 18.4 Å². The van der Waals surface area contributed by atoms with Crippen molar-refractivity contribution >= 4 is 39.1 Å². The van der Waals surface area contributed by atoms with Crippen LogP contribution in [-0.2, 0) is 11.3 Å². The lowest BCUT2D eigenvalue weighted by Crippen LogP contribution is -2.38. The number of halogens is 3. The second-order valence-corrected chi connectivity index (χ2v) is 7.97. The molecule has 0 radical (unpaired) electrons. The molecule has 1 fully saturated rings. The number of likely N-dealkylation sites (tertiary alicyclic amines) is 1. The van der Waals surface area contributed by atoms with Crippen LogP contribution in [0.2, 0.25) is 5.02 Å². The van der Waals surface area contributed by atoms with Crippen LogP contribution in [-0.4, -0.2) is 23.9 Å². The monoisotopic (exact) mass is 438 g/mol. The van der Waals surface area contributed by atoms with Gasteiger partial charge in [0.05, 0.1) is 0 Å². The zero-order valence-corrected chi connectivity index (χ0v) is 16.9. The molecule has 2 aromatic carbocycles. The minimum Gasteiger partial charge on any atom is -0.326 e. The molecular weight excluding hydrogens is 419 g/mol. The van der Waals surface area contributed by atoms with E-state index in [0.717, 1.165) is 41.7 Å². The molecule has 2 aromatic rings. The molecule has 138 valence electrons. The van der Waals surface area contributed by atoms with Gasteiger partial charge in [0.15, 0.2) is 0 Å². The molecule has 0 unspecified atom stereocenters. The van der Waals surface area contributed by atoms with Crippen LogP contribution in [0, 0.1) is 18.7 Å². The predicted octanol–water partition coefficient (Wildman–Crippen LogP) is 5.40. The third-order valence-electron chi connectivity index (χ3n) is 4.83. The first-order chi connectivity index (χ1) is 12.4. The van der Waals surface area contributed by atoms with Crippen LogP contribution in [0.5, 0.6) is 0 Å². The van der Waals surface area contributed by atoms with Crippen LogP contribution in [0.15, 0.2) is 40.9 Å². The molecule has 1 aliphatic heterocycles. The number of piperidine rings is 1. The standard InChI is InChI=1S/C20H21BrClFN2O/c1-13-11-15(5-6-17(13)21)24-20(26)14-7-9-25(10-8-14)12-16-18(22)3-2-4-19(16)23/h2-6,11,14H,7-10,12H2,1H3,(H,24,26). The summed E-state index contributed by atoms with van der Waals surface area (Å²) >= 11 is 9.57. The zero-order chi connectivity index (χ0) is 18.7. The number of nitrogens with one attached hydrogen (secondary N) is 1. The Hall–Kier alpha value is -1.43. The third kappa shape index (κ3) is 4.64. The van der Waals surface area contributed by atoms with E-state index in [-0.39, 0.29) is 17.6 Å². The molecule has 0 saturated carbocycles. The molecule has 1 heterocycles. The molecule has 6 heteroatoms. The van der Waals surface area contributed by atoms with Crippen molar-refractivity contribution in [2.24, 2.45) is 5.92 Å². The largest absolute Gasteiger partial charge is 0.326 e. The molecule has 1 N–H and O–H groups in total. The second-order valence-electron chi connectivity index (χ2n) is 6.70. The van der Waals surface area contributed by atoms with Crippen molar-refractivity contribution in [3.05, 3.63) is 62.8 Å². The molecule has 1 saturated heterocycles. The quantitative estimate of drug-likeness (QED) is 0.692. The normalized spacial score (nSPS) is 15.8. The fourth-order valence-electron chi connectivity index (χ4n) is 3.23. The van der Waals surface area contributed by atoms with Gasteiger partial charge in [-0.2, -0.15) is 0 Å². The Kier molecular flexibility index (Phi) is 6.33. The van der Waals surface area contributed by atoms with Gasteiger partial charge in [-0.15, -0.1) is 0 Å². The Labute approximate surface area is 166 Å². The van der Waals surface area contributed by atoms with Gasteiger partial charge in [0.25, 0.3) is 0 Å². The average Bonchev–Trinajstić information content (AvgIpc) is 2.62. The lowest BCUT2D eigenvalue weighted by Gasteiger charge is -2.31. The van der Waals surface area contributed by atoms with E-state index >= 15 is 0 Å². The number of amides is 1. The smallest absolute Gasteiger partial charge is 0.227 e. The van der Waals surface area contributed by atoms with Gasteiger partial charge >= 0.3 is 0 Å². The number of carbonyl (C=O) groups excluding carboxylic acids is 1. The van der Waals surface area contributed by atoms with Gasteiger partial charge in [0, 0.05) is 33.2 Å². The first-order valence-electron chi connectivity index (χ1n) is 8.66. The van der Waals surface area contributed by atoms with Gasteiger partial charge < -0.3 is 5.32 Å². The predicted molar refractivity (Wildman–Crippen MR) is 107 cm³/mol. The molecule has 0 bridgehead atoms. The van der Waals surface area contributed by atoms with Crippen molar-refractivity contribution in [1.29, 1.82) is 0 Å². The maximum Gasteiger partial charge on any atom is 0.227 e. The fraction of sp³-hybridized carbons (Fsp3) is 0.350. The molecule has 26 heavy (non-hydrogen) atoms. The van der Waals surface area contributed by atoms with Crippen LogP contribution in [0.25, 0.3) is 0 Å². The van der Waals surface area contributed by atoms with E-state index in [1.165, 1.54) is 6.07 Å². The Balaban J connectivity index is 1.54. The van der Waals surface area contributed by atoms with Crippen LogP contribution in [0.4, 0.5) is 10.1 Å². The highest BCUT2D eigenvalue weighted by Crippen LogP contribution is 2.26. The molecule has 3 nitrogen and oxygen atoms in total. The molecule has 0 aliphatic carbocycles. The molecular formula is C20H21BrClFN2O. The van der Waals surface area contributed by atoms with Crippen molar-refractivity contribution in [3.8, 4) is 0 Å². The number of aryl methyl sites for hydroxylation is 1. The third-order valence-corrected chi connectivity index (χ3v) is 6.07. The summed E-state index contributed by atoms with van der Waals surface area (Å²) < 4.78 is 15.0. The molecule has 3 rings (SSSR count). The summed E-state index contributed by atoms with van der Waals surface area (Å²) in [4.78, 5) is 14.7. The van der Waals surface area contributed by atoms with E-state index in [1.807, 2.05) is 25.1 Å². The van der Waals surface area contributed by atoms with Crippen molar-refractivity contribution in [1.82, 2.24) is 4.90 Å². The van der Waals surface area contributed by atoms with Gasteiger partial charge in [-0.3, -0.25) is 9.69 Å². The van der Waals surface area contributed by atoms with Crippen molar-refractivity contribution < 1.29 is 9.18 Å². The summed E-state index contributed by atoms with van der Waals surface area (Å²) in [6, 6.07) is 10.5. The Bertz CT molecular complexity index is 786. The number of rotatable bonds is 4. The summed E-state index contributed by atoms with van der Waals surface area (Å²) in [6.07, 6.45) is 1.51. The Morgan fingerprint density at radius 1 is 1.31 bits per heavy atom. The number of hydrogen-bond donors (Lipinski definition) is 1. The maximum absolute atomic E-state index is 13.9. The summed E-state index contributed by atoms with van der Waals surface area (Å²) in [5.74, 6) is -0.246. The van der Waals surface area contributed by atoms with E-state index in [2.05, 4.69) is 26.1 Å². The van der Waals surface area contributed by atoms with Crippen LogP contribution >= 0.6 is 27.5 Å². The number of anilines is 1. The SMILES string of the molecule is Cc1cc(NC(=O)C2CCN(Cc3c(F)cccc3Cl)CC2)ccc1Br. The number of carbonyl (C=O) groups is 1. The first-order valence-corrected chi connectivity index (χ1v) is 9.83. The molecule has 0 atom stereocenters. The topological polar surface area (TPSA) is 32.3 Å². The van der Waals surface area contributed by atoms with E-state index in [4.69, 9.17) is 11.6 Å². The number of nitrogens with zero attached hydrogens (tertiary/aromatic N) is 1. The van der Waals surface area contributed by atoms with Crippen molar-refractivity contribution in [3.63, 3.8) is 0 Å². The molecule has 0 aromatic heterocycles. The summed E-state index contributed by atoms with van der Waals surface area (Å²) in [5, 5.41) is 3.46. The van der Waals surface area contributed by atoms with E-state index in [0.29, 0.717) is 17.1 Å². The zero-order valence-electron chi connectivity index (χ0n) is 14.6. The minimum atomic E-state index is -0.275. The van der Waals surface area contributed by atoms with Crippen molar-refractivity contribution in [2.45, 2.75) is 26.3 Å². The van der Waals surface area contributed by atoms with Gasteiger partial charge in [0.2, 0.25) is 5.91 Å². The molecule has 1 aliphatic rings. The maximum atomic E-state index is 13.9. The number of hydrogen-bond acceptors (Lipinski definition) is 2. The highest BCUT2D eigenvalue weighted by atomic mass is 79.9. The van der Waals surface area contributed by atoms with E-state index in [1.54, 1.807) is 12.1 Å². The molecule has 0 spiro atoms. The highest BCUT2D eigenvalue weighted by Gasteiger charge is 2.26. The first kappa shape index (κ1) is 19.3.